The van der Waals surface area contributed by atoms with Crippen molar-refractivity contribution in [3.05, 3.63) is 29.8 Å². The number of carbonyl (C=O) groups excluding carboxylic acids is 3. The van der Waals surface area contributed by atoms with Crippen LogP contribution in [-0.4, -0.2) is 97.9 Å². The smallest absolute Gasteiger partial charge is 0.236 e. The van der Waals surface area contributed by atoms with E-state index in [9.17, 15) is 14.4 Å². The molecule has 0 aromatic heterocycles. The molecule has 8 heteroatoms. The van der Waals surface area contributed by atoms with Crippen LogP contribution in [0.25, 0.3) is 0 Å². The number of Topliss-reactive ketones (excluding diaryl/α,β-unsaturated/α-hetero) is 1. The summed E-state index contributed by atoms with van der Waals surface area (Å²) in [5.74, 6) is 0.751. The third-order valence-electron chi connectivity index (χ3n) is 5.50. The Balaban J connectivity index is 1.38. The first-order chi connectivity index (χ1) is 14.6. The van der Waals surface area contributed by atoms with Crippen molar-refractivity contribution in [3.8, 4) is 5.75 Å². The van der Waals surface area contributed by atoms with Crippen LogP contribution in [0.4, 0.5) is 0 Å². The van der Waals surface area contributed by atoms with Crippen LogP contribution < -0.4 is 4.74 Å². The van der Waals surface area contributed by atoms with Crippen LogP contribution in [-0.2, 0) is 14.3 Å². The topological polar surface area (TPSA) is 79.4 Å². The van der Waals surface area contributed by atoms with Gasteiger partial charge in [0.05, 0.1) is 26.4 Å². The molecule has 2 amide bonds. The van der Waals surface area contributed by atoms with Crippen LogP contribution >= 0.6 is 0 Å². The zero-order valence-electron chi connectivity index (χ0n) is 17.7. The van der Waals surface area contributed by atoms with Gasteiger partial charge in [-0.05, 0) is 31.2 Å². The second-order valence-electron chi connectivity index (χ2n) is 7.53. The Hall–Kier alpha value is -2.45. The molecule has 0 unspecified atom stereocenters. The van der Waals surface area contributed by atoms with Crippen molar-refractivity contribution in [1.82, 2.24) is 14.7 Å². The van der Waals surface area contributed by atoms with E-state index >= 15 is 0 Å². The van der Waals surface area contributed by atoms with Gasteiger partial charge in [0.1, 0.15) is 5.75 Å². The van der Waals surface area contributed by atoms with Crippen LogP contribution in [0.1, 0.15) is 30.1 Å². The summed E-state index contributed by atoms with van der Waals surface area (Å²) in [5.41, 5.74) is 0.588. The number of benzene rings is 1. The summed E-state index contributed by atoms with van der Waals surface area (Å²) in [7, 11) is 0. The van der Waals surface area contributed by atoms with Gasteiger partial charge in [-0.3, -0.25) is 19.3 Å². The molecule has 30 heavy (non-hydrogen) atoms. The number of rotatable bonds is 8. The highest BCUT2D eigenvalue weighted by Gasteiger charge is 2.26. The molecule has 2 saturated heterocycles. The monoisotopic (exact) mass is 417 g/mol. The largest absolute Gasteiger partial charge is 0.494 e. The SMILES string of the molecule is CCOc1ccc(C(=O)CCC(=O)N2CCN(C(=O)CN3CCOCC3)CC2)cc1. The predicted octanol–water partition coefficient (Wildman–Crippen LogP) is 1.05. The van der Waals surface area contributed by atoms with E-state index in [1.807, 2.05) is 11.8 Å². The number of amides is 2. The quantitative estimate of drug-likeness (QED) is 0.589. The van der Waals surface area contributed by atoms with E-state index in [1.165, 1.54) is 0 Å². The number of ketones is 1. The van der Waals surface area contributed by atoms with E-state index in [1.54, 1.807) is 29.2 Å². The van der Waals surface area contributed by atoms with Gasteiger partial charge in [0.25, 0.3) is 0 Å². The number of ether oxygens (including phenoxy) is 2. The molecule has 0 saturated carbocycles. The lowest BCUT2D eigenvalue weighted by atomic mass is 10.1. The van der Waals surface area contributed by atoms with Crippen LogP contribution in [0.3, 0.4) is 0 Å². The van der Waals surface area contributed by atoms with Gasteiger partial charge in [0, 0.05) is 57.7 Å². The Morgan fingerprint density at radius 2 is 1.47 bits per heavy atom. The summed E-state index contributed by atoms with van der Waals surface area (Å²) in [4.78, 5) is 43.0. The molecule has 0 radical (unpaired) electrons. The van der Waals surface area contributed by atoms with E-state index in [-0.39, 0.29) is 30.4 Å². The maximum atomic E-state index is 12.5. The summed E-state index contributed by atoms with van der Waals surface area (Å²) >= 11 is 0. The fraction of sp³-hybridized carbons (Fsp3) is 0.591. The Bertz CT molecular complexity index is 723. The first-order valence-electron chi connectivity index (χ1n) is 10.7. The molecular weight excluding hydrogens is 386 g/mol. The lowest BCUT2D eigenvalue weighted by Gasteiger charge is -2.36. The van der Waals surface area contributed by atoms with E-state index in [4.69, 9.17) is 9.47 Å². The minimum absolute atomic E-state index is 0.0328. The predicted molar refractivity (Wildman–Crippen MR) is 112 cm³/mol. The minimum Gasteiger partial charge on any atom is -0.494 e. The van der Waals surface area contributed by atoms with E-state index in [0.29, 0.717) is 58.1 Å². The molecule has 0 atom stereocenters. The van der Waals surface area contributed by atoms with Crippen molar-refractivity contribution in [3.63, 3.8) is 0 Å². The van der Waals surface area contributed by atoms with Crippen LogP contribution in [0.15, 0.2) is 24.3 Å². The number of piperazine rings is 1. The van der Waals surface area contributed by atoms with E-state index < -0.39 is 0 Å². The Kier molecular flexibility index (Phi) is 8.21. The second-order valence-corrected chi connectivity index (χ2v) is 7.53. The van der Waals surface area contributed by atoms with Gasteiger partial charge >= 0.3 is 0 Å². The summed E-state index contributed by atoms with van der Waals surface area (Å²) in [6.45, 7) is 7.93. The number of morpholine rings is 1. The molecule has 3 rings (SSSR count). The molecule has 8 nitrogen and oxygen atoms in total. The summed E-state index contributed by atoms with van der Waals surface area (Å²) in [6, 6.07) is 7.00. The molecule has 164 valence electrons. The van der Waals surface area contributed by atoms with Crippen LogP contribution in [0, 0.1) is 0 Å². The fourth-order valence-electron chi connectivity index (χ4n) is 3.68. The van der Waals surface area contributed by atoms with Crippen molar-refractivity contribution in [2.24, 2.45) is 0 Å². The van der Waals surface area contributed by atoms with E-state index in [0.717, 1.165) is 18.8 Å². The third kappa shape index (κ3) is 6.27. The fourth-order valence-corrected chi connectivity index (χ4v) is 3.68. The van der Waals surface area contributed by atoms with Gasteiger partial charge in [-0.15, -0.1) is 0 Å². The average molecular weight is 418 g/mol. The summed E-state index contributed by atoms with van der Waals surface area (Å²) in [6.07, 6.45) is 0.372. The molecular formula is C22H31N3O5. The molecule has 2 aliphatic heterocycles. The maximum Gasteiger partial charge on any atom is 0.236 e. The Morgan fingerprint density at radius 1 is 0.867 bits per heavy atom. The van der Waals surface area contributed by atoms with Crippen molar-refractivity contribution in [1.29, 1.82) is 0 Å². The molecule has 2 fully saturated rings. The molecule has 2 heterocycles. The number of hydrogen-bond donors (Lipinski definition) is 0. The number of hydrogen-bond acceptors (Lipinski definition) is 6. The van der Waals surface area contributed by atoms with Crippen molar-refractivity contribution < 1.29 is 23.9 Å². The van der Waals surface area contributed by atoms with Gasteiger partial charge in [-0.2, -0.15) is 0 Å². The first kappa shape index (κ1) is 22.2. The molecule has 0 spiro atoms. The van der Waals surface area contributed by atoms with Crippen LogP contribution in [0.2, 0.25) is 0 Å². The van der Waals surface area contributed by atoms with E-state index in [2.05, 4.69) is 4.90 Å². The zero-order valence-corrected chi connectivity index (χ0v) is 17.7. The maximum absolute atomic E-state index is 12.5. The summed E-state index contributed by atoms with van der Waals surface area (Å²) in [5, 5.41) is 0. The standard InChI is InChI=1S/C22H31N3O5/c1-2-30-19-5-3-18(4-6-19)20(26)7-8-21(27)24-9-11-25(12-10-24)22(28)17-23-13-15-29-16-14-23/h3-6H,2,7-17H2,1H3. The van der Waals surface area contributed by atoms with Gasteiger partial charge in [-0.1, -0.05) is 0 Å². The van der Waals surface area contributed by atoms with Gasteiger partial charge < -0.3 is 19.3 Å². The Morgan fingerprint density at radius 3 is 2.07 bits per heavy atom. The number of nitrogens with zero attached hydrogens (tertiary/aromatic N) is 3. The highest BCUT2D eigenvalue weighted by molar-refractivity contribution is 5.98. The van der Waals surface area contributed by atoms with Gasteiger partial charge in [-0.25, -0.2) is 0 Å². The van der Waals surface area contributed by atoms with Crippen molar-refractivity contribution in [2.75, 3.05) is 65.6 Å². The lowest BCUT2D eigenvalue weighted by molar-refractivity contribution is -0.140. The molecule has 2 aliphatic rings. The Labute approximate surface area is 177 Å². The normalized spacial score (nSPS) is 17.6. The number of carbonyl (C=O) groups is 3. The zero-order chi connectivity index (χ0) is 21.3. The van der Waals surface area contributed by atoms with Crippen molar-refractivity contribution in [2.45, 2.75) is 19.8 Å². The first-order valence-corrected chi connectivity index (χ1v) is 10.7. The highest BCUT2D eigenvalue weighted by atomic mass is 16.5. The minimum atomic E-state index is -0.0503. The second kappa shape index (κ2) is 11.1. The molecule has 0 bridgehead atoms. The molecule has 0 N–H and O–H groups in total. The average Bonchev–Trinajstić information content (AvgIpc) is 2.78. The molecule has 0 aliphatic carbocycles. The third-order valence-corrected chi connectivity index (χ3v) is 5.50. The van der Waals surface area contributed by atoms with Crippen molar-refractivity contribution >= 4 is 17.6 Å². The highest BCUT2D eigenvalue weighted by Crippen LogP contribution is 2.15. The van der Waals surface area contributed by atoms with Gasteiger partial charge in [0.2, 0.25) is 11.8 Å². The van der Waals surface area contributed by atoms with Crippen LogP contribution in [0.5, 0.6) is 5.75 Å². The lowest BCUT2D eigenvalue weighted by Crippen LogP contribution is -2.53. The molecule has 1 aromatic rings. The summed E-state index contributed by atoms with van der Waals surface area (Å²) < 4.78 is 10.7. The van der Waals surface area contributed by atoms with Gasteiger partial charge in [0.15, 0.2) is 5.78 Å². The molecule has 1 aromatic carbocycles.